The molecule has 2 fully saturated rings. The molecule has 3 rings (SSSR count). The number of anilines is 1. The molecule has 3 amide bonds. The van der Waals surface area contributed by atoms with Crippen LogP contribution in [0.4, 0.5) is 14.9 Å². The molecule has 2 heterocycles. The fraction of sp³-hybridized carbons (Fsp3) is 0.500. The second-order valence-electron chi connectivity index (χ2n) is 6.54. The average Bonchev–Trinajstić information content (AvgIpc) is 2.99. The first-order chi connectivity index (χ1) is 12.3. The number of carbonyl (C=O) groups is 2. The van der Waals surface area contributed by atoms with Crippen molar-refractivity contribution in [1.29, 1.82) is 0 Å². The Morgan fingerprint density at radius 2 is 2.08 bits per heavy atom. The van der Waals surface area contributed by atoms with Gasteiger partial charge in [-0.25, -0.2) is 17.6 Å². The number of carbonyl (C=O) groups excluding carboxylic acids is 2. The topological polar surface area (TPSA) is 104 Å². The number of unbranched alkanes of at least 4 members (excludes halogenated alkanes) is 1. The number of rotatable bonds is 6. The van der Waals surface area contributed by atoms with E-state index in [9.17, 15) is 22.4 Å². The highest BCUT2D eigenvalue weighted by Gasteiger charge is 2.51. The molecule has 0 bridgehead atoms. The standard InChI is InChI=1S/C16H19ClFN3O4S/c17-9-5-6-11(10(18)7-9)19-14(22)4-2-1-3-13-15-12(8-26(13,24)25)20-16(23)21-15/h5-7,12-13,15H,1-4,8H2,(H,19,22)(H2,20,21,23)/t12-,13-,15-/m1/s1. The van der Waals surface area contributed by atoms with Crippen molar-refractivity contribution in [2.45, 2.75) is 43.0 Å². The molecule has 0 unspecified atom stereocenters. The van der Waals surface area contributed by atoms with Gasteiger partial charge in [0.2, 0.25) is 5.91 Å². The maximum absolute atomic E-state index is 13.6. The van der Waals surface area contributed by atoms with Crippen molar-refractivity contribution in [3.63, 3.8) is 0 Å². The lowest BCUT2D eigenvalue weighted by Crippen LogP contribution is -2.39. The van der Waals surface area contributed by atoms with Crippen LogP contribution in [0.25, 0.3) is 0 Å². The predicted octanol–water partition coefficient (Wildman–Crippen LogP) is 1.83. The molecular formula is C16H19ClFN3O4S. The molecule has 2 aliphatic rings. The first-order valence-electron chi connectivity index (χ1n) is 8.30. The number of benzene rings is 1. The van der Waals surface area contributed by atoms with E-state index in [2.05, 4.69) is 16.0 Å². The second kappa shape index (κ2) is 7.40. The first-order valence-corrected chi connectivity index (χ1v) is 10.4. The van der Waals surface area contributed by atoms with Crippen LogP contribution in [0.3, 0.4) is 0 Å². The second-order valence-corrected chi connectivity index (χ2v) is 9.24. The molecule has 1 aromatic rings. The van der Waals surface area contributed by atoms with Crippen molar-refractivity contribution in [2.24, 2.45) is 0 Å². The van der Waals surface area contributed by atoms with E-state index in [0.29, 0.717) is 19.3 Å². The Bertz CT molecular complexity index is 833. The van der Waals surface area contributed by atoms with Crippen LogP contribution < -0.4 is 16.0 Å². The minimum Gasteiger partial charge on any atom is -0.332 e. The molecule has 0 saturated carbocycles. The Morgan fingerprint density at radius 3 is 2.81 bits per heavy atom. The maximum Gasteiger partial charge on any atom is 0.315 e. The highest BCUT2D eigenvalue weighted by Crippen LogP contribution is 2.28. The highest BCUT2D eigenvalue weighted by atomic mass is 35.5. The molecule has 0 radical (unpaired) electrons. The smallest absolute Gasteiger partial charge is 0.315 e. The van der Waals surface area contributed by atoms with Crippen molar-refractivity contribution in [3.8, 4) is 0 Å². The molecule has 1 aromatic carbocycles. The monoisotopic (exact) mass is 403 g/mol. The van der Waals surface area contributed by atoms with Gasteiger partial charge in [-0.3, -0.25) is 4.79 Å². The molecule has 7 nitrogen and oxygen atoms in total. The average molecular weight is 404 g/mol. The van der Waals surface area contributed by atoms with Crippen molar-refractivity contribution in [3.05, 3.63) is 29.0 Å². The van der Waals surface area contributed by atoms with Crippen LogP contribution in [-0.2, 0) is 14.6 Å². The predicted molar refractivity (Wildman–Crippen MR) is 95.3 cm³/mol. The fourth-order valence-corrected chi connectivity index (χ4v) is 5.87. The zero-order valence-electron chi connectivity index (χ0n) is 13.8. The SMILES string of the molecule is O=C(CCCC[C@@H]1[C@@H]2NC(=O)N[C@@H]2CS1(=O)=O)Nc1ccc(Cl)cc1F. The van der Waals surface area contributed by atoms with Gasteiger partial charge in [0, 0.05) is 11.4 Å². The summed E-state index contributed by atoms with van der Waals surface area (Å²) in [6.45, 7) is 0. The van der Waals surface area contributed by atoms with Crippen LogP contribution >= 0.6 is 11.6 Å². The van der Waals surface area contributed by atoms with E-state index in [1.54, 1.807) is 0 Å². The third-order valence-corrected chi connectivity index (χ3v) is 7.18. The van der Waals surface area contributed by atoms with Gasteiger partial charge < -0.3 is 16.0 Å². The van der Waals surface area contributed by atoms with Crippen molar-refractivity contribution < 1.29 is 22.4 Å². The molecule has 0 spiro atoms. The summed E-state index contributed by atoms with van der Waals surface area (Å²) in [7, 11) is -3.27. The van der Waals surface area contributed by atoms with Crippen LogP contribution in [0.2, 0.25) is 5.02 Å². The van der Waals surface area contributed by atoms with Crippen molar-refractivity contribution in [2.75, 3.05) is 11.1 Å². The molecule has 142 valence electrons. The van der Waals surface area contributed by atoms with Gasteiger partial charge in [-0.15, -0.1) is 0 Å². The van der Waals surface area contributed by atoms with Gasteiger partial charge >= 0.3 is 6.03 Å². The molecular weight excluding hydrogens is 385 g/mol. The number of halogens is 2. The third-order valence-electron chi connectivity index (χ3n) is 4.67. The van der Waals surface area contributed by atoms with E-state index in [1.807, 2.05) is 0 Å². The van der Waals surface area contributed by atoms with Crippen LogP contribution in [-0.4, -0.2) is 43.4 Å². The summed E-state index contributed by atoms with van der Waals surface area (Å²) in [4.78, 5) is 23.2. The Labute approximate surface area is 155 Å². The molecule has 3 atom stereocenters. The van der Waals surface area contributed by atoms with Crippen LogP contribution in [0, 0.1) is 5.82 Å². The molecule has 10 heteroatoms. The highest BCUT2D eigenvalue weighted by molar-refractivity contribution is 7.92. The normalized spacial score (nSPS) is 26.1. The summed E-state index contributed by atoms with van der Waals surface area (Å²) < 4.78 is 38.0. The van der Waals surface area contributed by atoms with E-state index in [4.69, 9.17) is 11.6 Å². The largest absolute Gasteiger partial charge is 0.332 e. The van der Waals surface area contributed by atoms with E-state index in [-0.39, 0.29) is 40.9 Å². The van der Waals surface area contributed by atoms with Gasteiger partial charge in [0.05, 0.1) is 28.8 Å². The third kappa shape index (κ3) is 4.09. The molecule has 2 aliphatic heterocycles. The van der Waals surface area contributed by atoms with Gasteiger partial charge in [0.15, 0.2) is 9.84 Å². The lowest BCUT2D eigenvalue weighted by Gasteiger charge is -2.16. The van der Waals surface area contributed by atoms with Gasteiger partial charge in [-0.05, 0) is 31.0 Å². The summed E-state index contributed by atoms with van der Waals surface area (Å²) in [5.41, 5.74) is 0.0559. The molecule has 26 heavy (non-hydrogen) atoms. The van der Waals surface area contributed by atoms with Gasteiger partial charge in [-0.1, -0.05) is 18.0 Å². The number of fused-ring (bicyclic) bond motifs is 1. The van der Waals surface area contributed by atoms with Crippen molar-refractivity contribution in [1.82, 2.24) is 10.6 Å². The van der Waals surface area contributed by atoms with E-state index >= 15 is 0 Å². The van der Waals surface area contributed by atoms with Crippen LogP contribution in [0.1, 0.15) is 25.7 Å². The van der Waals surface area contributed by atoms with Crippen molar-refractivity contribution >= 4 is 39.1 Å². The number of hydrogen-bond acceptors (Lipinski definition) is 4. The zero-order valence-corrected chi connectivity index (χ0v) is 15.4. The molecule has 0 aliphatic carbocycles. The number of sulfone groups is 1. The Hall–Kier alpha value is -1.87. The minimum absolute atomic E-state index is 0.0559. The fourth-order valence-electron chi connectivity index (χ4n) is 3.44. The summed E-state index contributed by atoms with van der Waals surface area (Å²) in [5, 5.41) is 7.33. The minimum atomic E-state index is -3.27. The summed E-state index contributed by atoms with van der Waals surface area (Å²) in [6, 6.07) is 2.84. The molecule has 3 N–H and O–H groups in total. The van der Waals surface area contributed by atoms with E-state index < -0.39 is 26.9 Å². The maximum atomic E-state index is 13.6. The van der Waals surface area contributed by atoms with Gasteiger partial charge in [0.25, 0.3) is 0 Å². The summed E-state index contributed by atoms with van der Waals surface area (Å²) in [5.74, 6) is -1.02. The number of hydrogen-bond donors (Lipinski definition) is 3. The van der Waals surface area contributed by atoms with Gasteiger partial charge in [0.1, 0.15) is 5.82 Å². The molecule has 2 saturated heterocycles. The van der Waals surface area contributed by atoms with E-state index in [1.165, 1.54) is 12.1 Å². The zero-order chi connectivity index (χ0) is 18.9. The first kappa shape index (κ1) is 18.9. The van der Waals surface area contributed by atoms with Crippen LogP contribution in [0.5, 0.6) is 0 Å². The lowest BCUT2D eigenvalue weighted by atomic mass is 10.0. The number of urea groups is 1. The summed E-state index contributed by atoms with van der Waals surface area (Å²) >= 11 is 5.66. The quantitative estimate of drug-likeness (QED) is 0.497. The Morgan fingerprint density at radius 1 is 1.31 bits per heavy atom. The summed E-state index contributed by atoms with van der Waals surface area (Å²) in [6.07, 6.45) is 1.49. The van der Waals surface area contributed by atoms with Crippen LogP contribution in [0.15, 0.2) is 18.2 Å². The molecule has 0 aromatic heterocycles. The number of nitrogens with one attached hydrogen (secondary N) is 3. The Kier molecular flexibility index (Phi) is 5.38. The number of amides is 3. The van der Waals surface area contributed by atoms with Gasteiger partial charge in [-0.2, -0.15) is 0 Å². The van der Waals surface area contributed by atoms with E-state index in [0.717, 1.165) is 6.07 Å². The lowest BCUT2D eigenvalue weighted by molar-refractivity contribution is -0.116. The Balaban J connectivity index is 1.46.